The lowest BCUT2D eigenvalue weighted by atomic mass is 9.53. The van der Waals surface area contributed by atoms with Gasteiger partial charge in [0.05, 0.1) is 24.1 Å². The monoisotopic (exact) mass is 334 g/mol. The minimum atomic E-state index is -1.87. The van der Waals surface area contributed by atoms with Crippen LogP contribution in [0.3, 0.4) is 0 Å². The number of nitrogens with zero attached hydrogens (tertiary/aromatic N) is 3. The zero-order valence-corrected chi connectivity index (χ0v) is 14.3. The first-order chi connectivity index (χ1) is 11.9. The normalized spacial score (nSPS) is 35.1. The molecule has 1 aromatic carbocycles. The van der Waals surface area contributed by atoms with Crippen molar-refractivity contribution in [3.05, 3.63) is 35.4 Å². The van der Waals surface area contributed by atoms with Gasteiger partial charge in [0.25, 0.3) is 0 Å². The molecule has 0 radical (unpaired) electrons. The van der Waals surface area contributed by atoms with E-state index in [0.29, 0.717) is 12.0 Å². The second-order valence-corrected chi connectivity index (χ2v) is 6.68. The van der Waals surface area contributed by atoms with E-state index in [-0.39, 0.29) is 5.90 Å². The fraction of sp³-hybridized carbons (Fsp3) is 0.474. The van der Waals surface area contributed by atoms with Crippen molar-refractivity contribution in [3.63, 3.8) is 0 Å². The maximum absolute atomic E-state index is 10.00. The second-order valence-electron chi connectivity index (χ2n) is 6.68. The first-order valence-corrected chi connectivity index (χ1v) is 8.13. The molecule has 2 aliphatic heterocycles. The van der Waals surface area contributed by atoms with Crippen LogP contribution in [0.5, 0.6) is 0 Å². The van der Waals surface area contributed by atoms with Crippen LogP contribution in [-0.4, -0.2) is 11.7 Å². The van der Waals surface area contributed by atoms with Gasteiger partial charge in [0.1, 0.15) is 6.10 Å². The molecule has 2 aliphatic rings. The van der Waals surface area contributed by atoms with Gasteiger partial charge < -0.3 is 9.47 Å². The van der Waals surface area contributed by atoms with Gasteiger partial charge in [0, 0.05) is 6.42 Å². The molecule has 1 aromatic rings. The van der Waals surface area contributed by atoms with E-state index in [2.05, 4.69) is 6.07 Å². The number of hydrogen-bond donors (Lipinski definition) is 1. The molecule has 0 aliphatic carbocycles. The quantitative estimate of drug-likeness (QED) is 0.890. The Bertz CT molecular complexity index is 843. The van der Waals surface area contributed by atoms with Gasteiger partial charge in [-0.3, -0.25) is 5.41 Å². The number of nitriles is 3. The highest BCUT2D eigenvalue weighted by molar-refractivity contribution is 5.89. The Morgan fingerprint density at radius 1 is 1.12 bits per heavy atom. The minimum Gasteiger partial charge on any atom is -0.447 e. The topological polar surface area (TPSA) is 114 Å². The van der Waals surface area contributed by atoms with Crippen LogP contribution < -0.4 is 0 Å². The van der Waals surface area contributed by atoms with Crippen LogP contribution >= 0.6 is 0 Å². The van der Waals surface area contributed by atoms with Gasteiger partial charge in [-0.2, -0.15) is 15.8 Å². The molecule has 2 saturated heterocycles. The van der Waals surface area contributed by atoms with E-state index in [1.54, 1.807) is 19.1 Å². The van der Waals surface area contributed by atoms with Gasteiger partial charge in [-0.1, -0.05) is 43.7 Å². The standard InChI is InChI=1S/C19H18N4O2/c1-4-19-13(3)18(11-22,16(23)25-19)17(9-20,10-21)15(24-19)14-7-5-12(2)6-8-14/h5-8,13,15,23H,4H2,1-3H3/t13-,15+,18+,19+/m1/s1. The van der Waals surface area contributed by atoms with Gasteiger partial charge >= 0.3 is 0 Å². The SMILES string of the molecule is CC[C@]12OC(=N)[C@](C#N)([C@H]1C)C(C#N)(C#N)[C@H](c1ccc(C)cc1)O2. The Hall–Kier alpha value is -2.88. The van der Waals surface area contributed by atoms with E-state index in [4.69, 9.17) is 14.9 Å². The Kier molecular flexibility index (Phi) is 3.60. The average Bonchev–Trinajstić information content (AvgIpc) is 2.79. The predicted molar refractivity (Wildman–Crippen MR) is 87.7 cm³/mol. The molecule has 2 fully saturated rings. The minimum absolute atomic E-state index is 0.359. The summed E-state index contributed by atoms with van der Waals surface area (Å²) in [5.41, 5.74) is -1.90. The van der Waals surface area contributed by atoms with Crippen LogP contribution in [0, 0.1) is 63.1 Å². The van der Waals surface area contributed by atoms with Crippen LogP contribution in [0.15, 0.2) is 24.3 Å². The molecule has 2 heterocycles. The predicted octanol–water partition coefficient (Wildman–Crippen LogP) is 3.36. The molecule has 6 heteroatoms. The molecule has 126 valence electrons. The average molecular weight is 334 g/mol. The Morgan fingerprint density at radius 3 is 2.20 bits per heavy atom. The van der Waals surface area contributed by atoms with Crippen molar-refractivity contribution < 1.29 is 9.47 Å². The van der Waals surface area contributed by atoms with Crippen molar-refractivity contribution in [3.8, 4) is 18.2 Å². The van der Waals surface area contributed by atoms with Gasteiger partial charge in [0.15, 0.2) is 5.41 Å². The number of hydrogen-bond acceptors (Lipinski definition) is 6. The Morgan fingerprint density at radius 2 is 1.72 bits per heavy atom. The summed E-state index contributed by atoms with van der Waals surface area (Å²) >= 11 is 0. The first kappa shape index (κ1) is 17.0. The Balaban J connectivity index is 2.32. The maximum atomic E-state index is 10.00. The van der Waals surface area contributed by atoms with Crippen molar-refractivity contribution in [2.45, 2.75) is 39.1 Å². The molecule has 1 N–H and O–H groups in total. The third-order valence-electron chi connectivity index (χ3n) is 5.68. The lowest BCUT2D eigenvalue weighted by molar-refractivity contribution is -0.280. The molecule has 2 bridgehead atoms. The van der Waals surface area contributed by atoms with Crippen molar-refractivity contribution >= 4 is 5.90 Å². The molecule has 3 rings (SSSR count). The summed E-state index contributed by atoms with van der Waals surface area (Å²) in [6.45, 7) is 5.49. The highest BCUT2D eigenvalue weighted by atomic mass is 16.7. The molecule has 0 aromatic heterocycles. The molecule has 0 amide bonds. The molecule has 0 saturated carbocycles. The summed E-state index contributed by atoms with van der Waals surface area (Å²) in [6, 6.07) is 13.4. The van der Waals surface area contributed by atoms with E-state index < -0.39 is 28.6 Å². The number of fused-ring (bicyclic) bond motifs is 2. The molecular formula is C19H18N4O2. The summed E-state index contributed by atoms with van der Waals surface area (Å²) in [7, 11) is 0. The number of benzene rings is 1. The maximum Gasteiger partial charge on any atom is 0.217 e. The first-order valence-electron chi connectivity index (χ1n) is 8.13. The van der Waals surface area contributed by atoms with Crippen LogP contribution in [-0.2, 0) is 9.47 Å². The summed E-state index contributed by atoms with van der Waals surface area (Å²) in [5.74, 6) is -2.18. The lowest BCUT2D eigenvalue weighted by Crippen LogP contribution is -2.58. The van der Waals surface area contributed by atoms with Gasteiger partial charge in [-0.15, -0.1) is 0 Å². The van der Waals surface area contributed by atoms with Crippen LogP contribution in [0.25, 0.3) is 0 Å². The summed E-state index contributed by atoms with van der Waals surface area (Å²) < 4.78 is 11.9. The third-order valence-corrected chi connectivity index (χ3v) is 5.68. The van der Waals surface area contributed by atoms with Crippen LogP contribution in [0.4, 0.5) is 0 Å². The van der Waals surface area contributed by atoms with E-state index in [0.717, 1.165) is 5.56 Å². The summed E-state index contributed by atoms with van der Waals surface area (Å²) in [4.78, 5) is 0. The second kappa shape index (κ2) is 5.31. The molecule has 6 nitrogen and oxygen atoms in total. The zero-order valence-electron chi connectivity index (χ0n) is 14.3. The van der Waals surface area contributed by atoms with Gasteiger partial charge in [-0.05, 0) is 12.5 Å². The van der Waals surface area contributed by atoms with E-state index in [1.807, 2.05) is 38.1 Å². The lowest BCUT2D eigenvalue weighted by Gasteiger charge is -2.48. The smallest absolute Gasteiger partial charge is 0.217 e. The van der Waals surface area contributed by atoms with Gasteiger partial charge in [-0.25, -0.2) is 0 Å². The van der Waals surface area contributed by atoms with E-state index >= 15 is 0 Å². The molecule has 4 atom stereocenters. The summed E-state index contributed by atoms with van der Waals surface area (Å²) in [5, 5.41) is 38.3. The van der Waals surface area contributed by atoms with Crippen LogP contribution in [0.1, 0.15) is 37.5 Å². The summed E-state index contributed by atoms with van der Waals surface area (Å²) in [6.07, 6.45) is -0.586. The van der Waals surface area contributed by atoms with E-state index in [9.17, 15) is 15.8 Å². The number of aryl methyl sites for hydroxylation is 1. The Labute approximate surface area is 146 Å². The number of rotatable bonds is 2. The highest BCUT2D eigenvalue weighted by Gasteiger charge is 2.78. The fourth-order valence-electron chi connectivity index (χ4n) is 4.08. The van der Waals surface area contributed by atoms with Gasteiger partial charge in [0.2, 0.25) is 17.1 Å². The van der Waals surface area contributed by atoms with Crippen molar-refractivity contribution in [1.29, 1.82) is 21.2 Å². The molecule has 0 spiro atoms. The largest absolute Gasteiger partial charge is 0.447 e. The van der Waals surface area contributed by atoms with E-state index in [1.165, 1.54) is 0 Å². The molecular weight excluding hydrogens is 316 g/mol. The third kappa shape index (κ3) is 1.77. The molecule has 25 heavy (non-hydrogen) atoms. The number of ether oxygens (including phenoxy) is 2. The number of nitrogens with one attached hydrogen (secondary N) is 1. The zero-order chi connectivity index (χ0) is 18.5. The fourth-order valence-corrected chi connectivity index (χ4v) is 4.08. The van der Waals surface area contributed by atoms with Crippen molar-refractivity contribution in [2.75, 3.05) is 0 Å². The van der Waals surface area contributed by atoms with Crippen LogP contribution in [0.2, 0.25) is 0 Å². The van der Waals surface area contributed by atoms with Crippen molar-refractivity contribution in [2.24, 2.45) is 16.7 Å². The van der Waals surface area contributed by atoms with Crippen molar-refractivity contribution in [1.82, 2.24) is 0 Å². The highest BCUT2D eigenvalue weighted by Crippen LogP contribution is 2.66. The molecule has 0 unspecified atom stereocenters.